The Kier molecular flexibility index (Phi) is 23.2. The van der Waals surface area contributed by atoms with E-state index in [9.17, 15) is 9.90 Å². The fraction of sp³-hybridized carbons (Fsp3) is 0.962. The van der Waals surface area contributed by atoms with Crippen LogP contribution in [0.15, 0.2) is 0 Å². The third-order valence-corrected chi connectivity index (χ3v) is 6.01. The lowest BCUT2D eigenvalue weighted by atomic mass is 10.0. The zero-order valence-corrected chi connectivity index (χ0v) is 19.6. The van der Waals surface area contributed by atoms with Gasteiger partial charge in [-0.05, 0) is 19.8 Å². The summed E-state index contributed by atoms with van der Waals surface area (Å²) in [6.45, 7) is 1.89. The Morgan fingerprint density at radius 3 is 1.00 bits per heavy atom. The molecule has 1 atom stereocenters. The van der Waals surface area contributed by atoms with Gasteiger partial charge < -0.3 is 10.2 Å². The highest BCUT2D eigenvalue weighted by Crippen LogP contribution is 2.15. The van der Waals surface area contributed by atoms with Crippen molar-refractivity contribution in [3.05, 3.63) is 0 Å². The number of rotatable bonds is 24. The molecule has 0 radical (unpaired) electrons. The molecule has 0 bridgehead atoms. The molecule has 0 saturated heterocycles. The molecule has 0 aliphatic carbocycles. The van der Waals surface area contributed by atoms with Crippen molar-refractivity contribution in [3.8, 4) is 0 Å². The van der Waals surface area contributed by atoms with Gasteiger partial charge in [0.25, 0.3) is 0 Å². The summed E-state index contributed by atoms with van der Waals surface area (Å²) in [5, 5.41) is 17.8. The lowest BCUT2D eigenvalue weighted by Crippen LogP contribution is -1.98. The fourth-order valence-electron chi connectivity index (χ4n) is 4.07. The second-order valence-corrected chi connectivity index (χ2v) is 9.21. The zero-order chi connectivity index (χ0) is 21.4. The molecule has 0 amide bonds. The van der Waals surface area contributed by atoms with Crippen LogP contribution in [0.2, 0.25) is 0 Å². The maximum absolute atomic E-state index is 10.4. The summed E-state index contributed by atoms with van der Waals surface area (Å²) < 4.78 is 0. The molecule has 0 rings (SSSR count). The Hall–Kier alpha value is -0.570. The van der Waals surface area contributed by atoms with Crippen LogP contribution >= 0.6 is 0 Å². The quantitative estimate of drug-likeness (QED) is 0.156. The molecule has 0 fully saturated rings. The minimum Gasteiger partial charge on any atom is -0.481 e. The highest BCUT2D eigenvalue weighted by atomic mass is 16.4. The normalized spacial score (nSPS) is 12.3. The molecule has 0 spiro atoms. The van der Waals surface area contributed by atoms with E-state index in [-0.39, 0.29) is 6.10 Å². The number of unbranched alkanes of at least 4 members (excludes halogenated alkanes) is 20. The summed E-state index contributed by atoms with van der Waals surface area (Å²) in [5.41, 5.74) is 0. The van der Waals surface area contributed by atoms with Crippen LogP contribution in [0.4, 0.5) is 0 Å². The van der Waals surface area contributed by atoms with Crippen molar-refractivity contribution in [1.82, 2.24) is 0 Å². The molecule has 3 heteroatoms. The van der Waals surface area contributed by atoms with E-state index in [0.29, 0.717) is 6.42 Å². The Morgan fingerprint density at radius 1 is 0.517 bits per heavy atom. The maximum atomic E-state index is 10.4. The summed E-state index contributed by atoms with van der Waals surface area (Å²) in [5.74, 6) is -0.656. The van der Waals surface area contributed by atoms with Gasteiger partial charge in [-0.1, -0.05) is 128 Å². The largest absolute Gasteiger partial charge is 0.481 e. The molecule has 29 heavy (non-hydrogen) atoms. The van der Waals surface area contributed by atoms with Gasteiger partial charge in [0.15, 0.2) is 0 Å². The average Bonchev–Trinajstić information content (AvgIpc) is 2.68. The van der Waals surface area contributed by atoms with Gasteiger partial charge in [-0.15, -0.1) is 0 Å². The Balaban J connectivity index is 3.01. The number of hydrogen-bond donors (Lipinski definition) is 2. The molecule has 0 saturated carbocycles. The number of carboxylic acids is 1. The first kappa shape index (κ1) is 28.4. The first-order valence-electron chi connectivity index (χ1n) is 13.0. The van der Waals surface area contributed by atoms with E-state index in [1.165, 1.54) is 122 Å². The first-order valence-corrected chi connectivity index (χ1v) is 13.0. The SMILES string of the molecule is CC(O)CCCCCCCCCCCCCCCCCCCCCCCC(=O)O. The van der Waals surface area contributed by atoms with Crippen molar-refractivity contribution >= 4 is 5.97 Å². The van der Waals surface area contributed by atoms with Crippen LogP contribution in [-0.4, -0.2) is 22.3 Å². The molecule has 1 unspecified atom stereocenters. The topological polar surface area (TPSA) is 57.5 Å². The van der Waals surface area contributed by atoms with Gasteiger partial charge in [0.05, 0.1) is 6.10 Å². The Morgan fingerprint density at radius 2 is 0.759 bits per heavy atom. The third-order valence-electron chi connectivity index (χ3n) is 6.01. The van der Waals surface area contributed by atoms with E-state index in [1.54, 1.807) is 0 Å². The summed E-state index contributed by atoms with van der Waals surface area (Å²) >= 11 is 0. The second-order valence-electron chi connectivity index (χ2n) is 9.21. The molecule has 0 aromatic rings. The van der Waals surface area contributed by atoms with Gasteiger partial charge in [0, 0.05) is 6.42 Å². The predicted octanol–water partition coefficient (Wildman–Crippen LogP) is 8.42. The molecule has 0 heterocycles. The number of hydrogen-bond acceptors (Lipinski definition) is 2. The molecule has 174 valence electrons. The van der Waals surface area contributed by atoms with E-state index in [0.717, 1.165) is 19.3 Å². The molecule has 2 N–H and O–H groups in total. The molecule has 0 aliphatic heterocycles. The molecule has 0 aromatic carbocycles. The molecule has 0 aliphatic rings. The van der Waals surface area contributed by atoms with Crippen molar-refractivity contribution in [2.45, 2.75) is 161 Å². The van der Waals surface area contributed by atoms with Crippen molar-refractivity contribution in [3.63, 3.8) is 0 Å². The van der Waals surface area contributed by atoms with Crippen LogP contribution in [0.25, 0.3) is 0 Å². The zero-order valence-electron chi connectivity index (χ0n) is 19.6. The van der Waals surface area contributed by atoms with Crippen LogP contribution < -0.4 is 0 Å². The van der Waals surface area contributed by atoms with Gasteiger partial charge in [-0.3, -0.25) is 4.79 Å². The lowest BCUT2D eigenvalue weighted by molar-refractivity contribution is -0.137. The van der Waals surface area contributed by atoms with Gasteiger partial charge >= 0.3 is 5.97 Å². The van der Waals surface area contributed by atoms with Gasteiger partial charge in [-0.25, -0.2) is 0 Å². The second kappa shape index (κ2) is 23.7. The minimum atomic E-state index is -0.656. The molecule has 0 aromatic heterocycles. The van der Waals surface area contributed by atoms with E-state index in [4.69, 9.17) is 5.11 Å². The predicted molar refractivity (Wildman–Crippen MR) is 126 cm³/mol. The number of carbonyl (C=O) groups is 1. The van der Waals surface area contributed by atoms with Crippen LogP contribution in [0.5, 0.6) is 0 Å². The smallest absolute Gasteiger partial charge is 0.303 e. The van der Waals surface area contributed by atoms with E-state index >= 15 is 0 Å². The maximum Gasteiger partial charge on any atom is 0.303 e. The fourth-order valence-corrected chi connectivity index (χ4v) is 4.07. The summed E-state index contributed by atoms with van der Waals surface area (Å²) in [6, 6.07) is 0. The number of aliphatic hydroxyl groups is 1. The van der Waals surface area contributed by atoms with E-state index < -0.39 is 5.97 Å². The van der Waals surface area contributed by atoms with E-state index in [2.05, 4.69) is 0 Å². The molecular weight excluding hydrogens is 360 g/mol. The Labute approximate surface area is 182 Å². The lowest BCUT2D eigenvalue weighted by Gasteiger charge is -2.05. The summed E-state index contributed by atoms with van der Waals surface area (Å²) in [7, 11) is 0. The molecular formula is C26H52O3. The van der Waals surface area contributed by atoms with Crippen molar-refractivity contribution in [2.24, 2.45) is 0 Å². The van der Waals surface area contributed by atoms with Crippen LogP contribution in [0, 0.1) is 0 Å². The average molecular weight is 413 g/mol. The minimum absolute atomic E-state index is 0.117. The van der Waals surface area contributed by atoms with Crippen molar-refractivity contribution in [2.75, 3.05) is 0 Å². The number of aliphatic hydroxyl groups excluding tert-OH is 1. The highest BCUT2D eigenvalue weighted by Gasteiger charge is 1.98. The van der Waals surface area contributed by atoms with Gasteiger partial charge in [0.1, 0.15) is 0 Å². The number of carboxylic acid groups (broad SMARTS) is 1. The summed E-state index contributed by atoms with van der Waals surface area (Å²) in [6.07, 6.45) is 29.0. The van der Waals surface area contributed by atoms with Crippen LogP contribution in [0.3, 0.4) is 0 Å². The third kappa shape index (κ3) is 27.4. The standard InChI is InChI=1S/C26H52O3/c1-25(27)23-21-19-17-15-13-11-9-7-5-3-2-4-6-8-10-12-14-16-18-20-22-24-26(28)29/h25,27H,2-24H2,1H3,(H,28,29). The van der Waals surface area contributed by atoms with Gasteiger partial charge in [0.2, 0.25) is 0 Å². The van der Waals surface area contributed by atoms with Gasteiger partial charge in [-0.2, -0.15) is 0 Å². The molecule has 3 nitrogen and oxygen atoms in total. The van der Waals surface area contributed by atoms with Crippen molar-refractivity contribution in [1.29, 1.82) is 0 Å². The summed E-state index contributed by atoms with van der Waals surface area (Å²) in [4.78, 5) is 10.4. The monoisotopic (exact) mass is 412 g/mol. The van der Waals surface area contributed by atoms with Crippen LogP contribution in [-0.2, 0) is 4.79 Å². The Bertz CT molecular complexity index is 328. The van der Waals surface area contributed by atoms with E-state index in [1.807, 2.05) is 6.92 Å². The highest BCUT2D eigenvalue weighted by molar-refractivity contribution is 5.66. The van der Waals surface area contributed by atoms with Crippen LogP contribution in [0.1, 0.15) is 155 Å². The van der Waals surface area contributed by atoms with Crippen molar-refractivity contribution < 1.29 is 15.0 Å². The first-order chi connectivity index (χ1) is 14.1. The number of aliphatic carboxylic acids is 1.